The first-order chi connectivity index (χ1) is 6.93. The highest BCUT2D eigenvalue weighted by Crippen LogP contribution is 2.20. The Kier molecular flexibility index (Phi) is 1.69. The van der Waals surface area contributed by atoms with Gasteiger partial charge < -0.3 is 10.2 Å². The molecule has 0 fully saturated rings. The third kappa shape index (κ3) is 1.16. The molecule has 0 bridgehead atoms. The van der Waals surface area contributed by atoms with Crippen LogP contribution >= 0.6 is 0 Å². The summed E-state index contributed by atoms with van der Waals surface area (Å²) < 4.78 is 0. The van der Waals surface area contributed by atoms with Crippen molar-refractivity contribution in [1.82, 2.24) is 4.90 Å². The van der Waals surface area contributed by atoms with Gasteiger partial charge in [0.15, 0.2) is 5.96 Å². The first-order valence-electron chi connectivity index (χ1n) is 5.08. The number of rotatable bonds is 0. The Morgan fingerprint density at radius 3 is 3.14 bits per heavy atom. The van der Waals surface area contributed by atoms with E-state index >= 15 is 0 Å². The van der Waals surface area contributed by atoms with E-state index < -0.39 is 0 Å². The topological polar surface area (TPSA) is 27.6 Å². The number of hydrogen-bond acceptors (Lipinski definition) is 3. The zero-order valence-electron chi connectivity index (χ0n) is 8.03. The summed E-state index contributed by atoms with van der Waals surface area (Å²) in [4.78, 5) is 6.77. The molecule has 0 saturated heterocycles. The van der Waals surface area contributed by atoms with Crippen LogP contribution in [0, 0.1) is 0 Å². The standard InChI is InChI=1S/C11H13N3/c1-2-4-10-9(3-1)5-7-14-8-6-12-11(14)13-10/h1-4H,5-8H2,(H,12,13). The molecule has 2 heterocycles. The predicted molar refractivity (Wildman–Crippen MR) is 57.6 cm³/mol. The summed E-state index contributed by atoms with van der Waals surface area (Å²) in [6.07, 6.45) is 1.11. The zero-order chi connectivity index (χ0) is 9.38. The van der Waals surface area contributed by atoms with Crippen molar-refractivity contribution in [2.75, 3.05) is 25.0 Å². The van der Waals surface area contributed by atoms with Crippen LogP contribution < -0.4 is 5.32 Å². The van der Waals surface area contributed by atoms with Gasteiger partial charge in [0, 0.05) is 18.8 Å². The number of anilines is 1. The molecule has 0 aliphatic carbocycles. The summed E-state index contributed by atoms with van der Waals surface area (Å²) in [7, 11) is 0. The van der Waals surface area contributed by atoms with Crippen molar-refractivity contribution in [3.05, 3.63) is 29.8 Å². The number of fused-ring (bicyclic) bond motifs is 2. The van der Waals surface area contributed by atoms with E-state index in [1.165, 1.54) is 11.3 Å². The van der Waals surface area contributed by atoms with Crippen LogP contribution in [0.1, 0.15) is 5.56 Å². The molecule has 3 heteroatoms. The molecule has 1 aromatic rings. The van der Waals surface area contributed by atoms with E-state index in [-0.39, 0.29) is 0 Å². The first-order valence-corrected chi connectivity index (χ1v) is 5.08. The Labute approximate surface area is 83.4 Å². The molecular formula is C11H13N3. The quantitative estimate of drug-likeness (QED) is 0.663. The van der Waals surface area contributed by atoms with Crippen molar-refractivity contribution in [2.45, 2.75) is 6.42 Å². The molecule has 72 valence electrons. The maximum absolute atomic E-state index is 4.45. The van der Waals surface area contributed by atoms with Gasteiger partial charge in [-0.05, 0) is 18.1 Å². The highest BCUT2D eigenvalue weighted by Gasteiger charge is 2.20. The lowest BCUT2D eigenvalue weighted by Gasteiger charge is -2.16. The van der Waals surface area contributed by atoms with Crippen LogP contribution in [0.15, 0.2) is 29.3 Å². The number of benzene rings is 1. The summed E-state index contributed by atoms with van der Waals surface area (Å²) >= 11 is 0. The molecule has 0 unspecified atom stereocenters. The maximum Gasteiger partial charge on any atom is 0.198 e. The maximum atomic E-state index is 4.45. The zero-order valence-corrected chi connectivity index (χ0v) is 8.03. The minimum atomic E-state index is 0.935. The highest BCUT2D eigenvalue weighted by molar-refractivity contribution is 5.96. The lowest BCUT2D eigenvalue weighted by molar-refractivity contribution is 0.464. The molecular weight excluding hydrogens is 174 g/mol. The Morgan fingerprint density at radius 1 is 1.21 bits per heavy atom. The molecule has 1 aromatic carbocycles. The number of hydrogen-bond donors (Lipinski definition) is 1. The van der Waals surface area contributed by atoms with Crippen molar-refractivity contribution in [1.29, 1.82) is 0 Å². The molecule has 3 rings (SSSR count). The second-order valence-corrected chi connectivity index (χ2v) is 3.72. The fourth-order valence-electron chi connectivity index (χ4n) is 2.05. The van der Waals surface area contributed by atoms with E-state index in [9.17, 15) is 0 Å². The average Bonchev–Trinajstić information content (AvgIpc) is 2.58. The summed E-state index contributed by atoms with van der Waals surface area (Å²) in [5.41, 5.74) is 2.61. The van der Waals surface area contributed by atoms with Gasteiger partial charge in [-0.15, -0.1) is 0 Å². The van der Waals surface area contributed by atoms with Crippen LogP contribution in [0.2, 0.25) is 0 Å². The monoisotopic (exact) mass is 187 g/mol. The van der Waals surface area contributed by atoms with Gasteiger partial charge in [0.05, 0.1) is 6.54 Å². The van der Waals surface area contributed by atoms with Gasteiger partial charge in [0.25, 0.3) is 0 Å². The van der Waals surface area contributed by atoms with E-state index in [2.05, 4.69) is 39.5 Å². The van der Waals surface area contributed by atoms with Crippen molar-refractivity contribution >= 4 is 11.6 Å². The Bertz CT molecular complexity index is 384. The SMILES string of the molecule is c1ccc2c(c1)CCN1CCN=C1N2. The van der Waals surface area contributed by atoms with Crippen LogP contribution in [-0.2, 0) is 6.42 Å². The number of nitrogens with zero attached hydrogens (tertiary/aromatic N) is 2. The van der Waals surface area contributed by atoms with Crippen molar-refractivity contribution in [3.8, 4) is 0 Å². The third-order valence-corrected chi connectivity index (χ3v) is 2.85. The molecule has 1 N–H and O–H groups in total. The first kappa shape index (κ1) is 7.85. The lowest BCUT2D eigenvalue weighted by Crippen LogP contribution is -2.32. The fraction of sp³-hybridized carbons (Fsp3) is 0.364. The molecule has 0 amide bonds. The van der Waals surface area contributed by atoms with Gasteiger partial charge in [-0.25, -0.2) is 0 Å². The molecule has 2 aliphatic heterocycles. The summed E-state index contributed by atoms with van der Waals surface area (Å²) in [6.45, 7) is 3.09. The molecule has 0 atom stereocenters. The van der Waals surface area contributed by atoms with Gasteiger partial charge >= 0.3 is 0 Å². The smallest absolute Gasteiger partial charge is 0.198 e. The minimum absolute atomic E-state index is 0.935. The normalized spacial score (nSPS) is 19.1. The Hall–Kier alpha value is -1.51. The van der Waals surface area contributed by atoms with Gasteiger partial charge in [0.2, 0.25) is 0 Å². The highest BCUT2D eigenvalue weighted by atomic mass is 15.3. The van der Waals surface area contributed by atoms with E-state index in [0.717, 1.165) is 32.0 Å². The summed E-state index contributed by atoms with van der Waals surface area (Å²) in [6, 6.07) is 8.47. The lowest BCUT2D eigenvalue weighted by atomic mass is 10.1. The van der Waals surface area contributed by atoms with Crippen molar-refractivity contribution in [3.63, 3.8) is 0 Å². The number of nitrogens with one attached hydrogen (secondary N) is 1. The van der Waals surface area contributed by atoms with E-state index in [1.54, 1.807) is 0 Å². The molecule has 0 radical (unpaired) electrons. The molecule has 0 saturated carbocycles. The second kappa shape index (κ2) is 3.01. The third-order valence-electron chi connectivity index (χ3n) is 2.85. The predicted octanol–water partition coefficient (Wildman–Crippen LogP) is 1.33. The van der Waals surface area contributed by atoms with Crippen LogP contribution in [0.5, 0.6) is 0 Å². The molecule has 2 aliphatic rings. The molecule has 3 nitrogen and oxygen atoms in total. The minimum Gasteiger partial charge on any atom is -0.341 e. The van der Waals surface area contributed by atoms with Gasteiger partial charge in [-0.1, -0.05) is 18.2 Å². The van der Waals surface area contributed by atoms with E-state index in [4.69, 9.17) is 0 Å². The Balaban J connectivity index is 2.00. The van der Waals surface area contributed by atoms with E-state index in [0.29, 0.717) is 0 Å². The summed E-state index contributed by atoms with van der Waals surface area (Å²) in [5.74, 6) is 1.05. The number of para-hydroxylation sites is 1. The van der Waals surface area contributed by atoms with Crippen LogP contribution in [0.25, 0.3) is 0 Å². The van der Waals surface area contributed by atoms with Crippen LogP contribution in [0.3, 0.4) is 0 Å². The average molecular weight is 187 g/mol. The van der Waals surface area contributed by atoms with Crippen LogP contribution in [-0.4, -0.2) is 30.5 Å². The van der Waals surface area contributed by atoms with E-state index in [1.807, 2.05) is 0 Å². The van der Waals surface area contributed by atoms with Gasteiger partial charge in [-0.2, -0.15) is 0 Å². The largest absolute Gasteiger partial charge is 0.341 e. The van der Waals surface area contributed by atoms with Crippen molar-refractivity contribution < 1.29 is 0 Å². The Morgan fingerprint density at radius 2 is 2.14 bits per heavy atom. The number of guanidine groups is 1. The number of aliphatic imine (C=N–C) groups is 1. The second-order valence-electron chi connectivity index (χ2n) is 3.72. The van der Waals surface area contributed by atoms with Gasteiger partial charge in [-0.3, -0.25) is 4.99 Å². The van der Waals surface area contributed by atoms with Crippen molar-refractivity contribution in [2.24, 2.45) is 4.99 Å². The molecule has 0 spiro atoms. The molecule has 0 aromatic heterocycles. The molecule has 14 heavy (non-hydrogen) atoms. The van der Waals surface area contributed by atoms with Crippen LogP contribution in [0.4, 0.5) is 5.69 Å². The fourth-order valence-corrected chi connectivity index (χ4v) is 2.05. The summed E-state index contributed by atoms with van der Waals surface area (Å²) in [5, 5.41) is 3.40. The van der Waals surface area contributed by atoms with Gasteiger partial charge in [0.1, 0.15) is 0 Å².